The van der Waals surface area contributed by atoms with Gasteiger partial charge in [-0.1, -0.05) is 30.3 Å². The fourth-order valence-corrected chi connectivity index (χ4v) is 4.08. The monoisotopic (exact) mass is 375 g/mol. The Morgan fingerprint density at radius 2 is 1.92 bits per heavy atom. The number of rotatable bonds is 6. The Hall–Kier alpha value is -2.29. The maximum Gasteiger partial charge on any atom is 0.240 e. The Morgan fingerprint density at radius 3 is 2.64 bits per heavy atom. The minimum Gasteiger partial charge on any atom is -0.302 e. The van der Waals surface area contributed by atoms with Gasteiger partial charge in [-0.3, -0.25) is 4.79 Å². The van der Waals surface area contributed by atoms with Crippen LogP contribution in [0.1, 0.15) is 12.1 Å². The summed E-state index contributed by atoms with van der Waals surface area (Å²) in [5, 5.41) is 6.81. The molecule has 0 bridgehead atoms. The maximum atomic E-state index is 12.4. The predicted octanol–water partition coefficient (Wildman–Crippen LogP) is 2.91. The number of nitrogens with one attached hydrogen (secondary N) is 2. The lowest BCUT2D eigenvalue weighted by Crippen LogP contribution is -2.27. The third kappa shape index (κ3) is 4.41. The molecule has 3 rings (SSSR count). The van der Waals surface area contributed by atoms with Crippen molar-refractivity contribution in [1.29, 1.82) is 0 Å². The fourth-order valence-electron chi connectivity index (χ4n) is 2.31. The summed E-state index contributed by atoms with van der Waals surface area (Å²) in [6, 6.07) is 12.5. The topological polar surface area (TPSA) is 88.2 Å². The van der Waals surface area contributed by atoms with E-state index in [-0.39, 0.29) is 23.8 Å². The largest absolute Gasteiger partial charge is 0.302 e. The number of benzene rings is 2. The quantitative estimate of drug-likeness (QED) is 0.693. The van der Waals surface area contributed by atoms with Crippen molar-refractivity contribution in [2.45, 2.75) is 18.2 Å². The van der Waals surface area contributed by atoms with Gasteiger partial charge in [-0.2, -0.15) is 0 Å². The molecule has 0 spiro atoms. The molecule has 3 aromatic rings. The highest BCUT2D eigenvalue weighted by molar-refractivity contribution is 7.89. The number of aromatic nitrogens is 1. The van der Waals surface area contributed by atoms with Gasteiger partial charge in [0.25, 0.3) is 0 Å². The van der Waals surface area contributed by atoms with E-state index in [0.717, 1.165) is 16.5 Å². The number of hydrogen-bond donors (Lipinski definition) is 2. The zero-order chi connectivity index (χ0) is 17.9. The van der Waals surface area contributed by atoms with Crippen LogP contribution >= 0.6 is 11.3 Å². The van der Waals surface area contributed by atoms with Gasteiger partial charge in [0, 0.05) is 18.3 Å². The molecule has 6 nitrogen and oxygen atoms in total. The highest BCUT2D eigenvalue weighted by Gasteiger charge is 2.15. The molecule has 1 aromatic heterocycles. The number of carbonyl (C=O) groups is 1. The van der Waals surface area contributed by atoms with Gasteiger partial charge in [0.2, 0.25) is 15.9 Å². The Bertz CT molecular complexity index is 1010. The first-order chi connectivity index (χ1) is 11.9. The third-order valence-corrected chi connectivity index (χ3v) is 5.88. The van der Waals surface area contributed by atoms with Gasteiger partial charge in [-0.15, -0.1) is 11.3 Å². The van der Waals surface area contributed by atoms with Crippen molar-refractivity contribution in [1.82, 2.24) is 9.71 Å². The van der Waals surface area contributed by atoms with Gasteiger partial charge in [-0.25, -0.2) is 18.1 Å². The van der Waals surface area contributed by atoms with E-state index in [0.29, 0.717) is 5.13 Å². The molecule has 8 heteroatoms. The van der Waals surface area contributed by atoms with Crippen LogP contribution in [0.2, 0.25) is 0 Å². The molecule has 0 unspecified atom stereocenters. The molecule has 1 amide bonds. The molecular weight excluding hydrogens is 358 g/mol. The molecule has 1 heterocycles. The Morgan fingerprint density at radius 1 is 1.16 bits per heavy atom. The van der Waals surface area contributed by atoms with Crippen molar-refractivity contribution in [3.63, 3.8) is 0 Å². The van der Waals surface area contributed by atoms with E-state index >= 15 is 0 Å². The van der Waals surface area contributed by atoms with Crippen molar-refractivity contribution in [2.75, 3.05) is 11.9 Å². The van der Waals surface area contributed by atoms with E-state index < -0.39 is 10.0 Å². The summed E-state index contributed by atoms with van der Waals surface area (Å²) >= 11 is 1.33. The van der Waals surface area contributed by atoms with E-state index in [1.165, 1.54) is 11.3 Å². The number of anilines is 1. The van der Waals surface area contributed by atoms with Crippen LogP contribution in [0.5, 0.6) is 0 Å². The summed E-state index contributed by atoms with van der Waals surface area (Å²) < 4.78 is 27.2. The molecule has 0 aliphatic heterocycles. The first kappa shape index (κ1) is 17.5. The van der Waals surface area contributed by atoms with Crippen LogP contribution < -0.4 is 10.0 Å². The standard InChI is InChI=1S/C17H17N3O3S2/c1-12-11-24-17(19-12)20-16(21)8-9-18-25(22,23)15-7-6-13-4-2-3-5-14(13)10-15/h2-7,10-11,18H,8-9H2,1H3,(H,19,20,21). The number of sulfonamides is 1. The second-order valence-corrected chi connectivity index (χ2v) is 8.12. The zero-order valence-electron chi connectivity index (χ0n) is 13.5. The van der Waals surface area contributed by atoms with Crippen LogP contribution in [0, 0.1) is 6.92 Å². The highest BCUT2D eigenvalue weighted by atomic mass is 32.2. The first-order valence-electron chi connectivity index (χ1n) is 7.64. The van der Waals surface area contributed by atoms with E-state index in [4.69, 9.17) is 0 Å². The average molecular weight is 375 g/mol. The molecule has 0 atom stereocenters. The Kier molecular flexibility index (Phi) is 5.12. The minimum atomic E-state index is -3.66. The normalized spacial score (nSPS) is 11.6. The number of aryl methyl sites for hydroxylation is 1. The molecule has 2 N–H and O–H groups in total. The number of carbonyl (C=O) groups excluding carboxylic acids is 1. The zero-order valence-corrected chi connectivity index (χ0v) is 15.2. The van der Waals surface area contributed by atoms with Crippen LogP contribution in [0.15, 0.2) is 52.7 Å². The number of thiazole rings is 1. The van der Waals surface area contributed by atoms with Crippen molar-refractivity contribution in [2.24, 2.45) is 0 Å². The molecule has 0 saturated carbocycles. The summed E-state index contributed by atoms with van der Waals surface area (Å²) in [6.07, 6.45) is 0.0332. The van der Waals surface area contributed by atoms with Crippen LogP contribution in [-0.2, 0) is 14.8 Å². The predicted molar refractivity (Wildman–Crippen MR) is 99.2 cm³/mol. The highest BCUT2D eigenvalue weighted by Crippen LogP contribution is 2.19. The van der Waals surface area contributed by atoms with Crippen LogP contribution in [0.25, 0.3) is 10.8 Å². The smallest absolute Gasteiger partial charge is 0.240 e. The molecule has 0 saturated heterocycles. The molecule has 2 aromatic carbocycles. The van der Waals surface area contributed by atoms with Crippen molar-refractivity contribution in [3.8, 4) is 0 Å². The van der Waals surface area contributed by atoms with Gasteiger partial charge in [0.05, 0.1) is 10.6 Å². The summed E-state index contributed by atoms with van der Waals surface area (Å²) in [4.78, 5) is 16.2. The van der Waals surface area contributed by atoms with E-state index in [9.17, 15) is 13.2 Å². The summed E-state index contributed by atoms with van der Waals surface area (Å²) in [5.74, 6) is -0.282. The fraction of sp³-hybridized carbons (Fsp3) is 0.176. The Balaban J connectivity index is 1.60. The van der Waals surface area contributed by atoms with Gasteiger partial charge < -0.3 is 5.32 Å². The third-order valence-electron chi connectivity index (χ3n) is 3.54. The SMILES string of the molecule is Cc1csc(NC(=O)CCNS(=O)(=O)c2ccc3ccccc3c2)n1. The number of fused-ring (bicyclic) bond motifs is 1. The number of hydrogen-bond acceptors (Lipinski definition) is 5. The molecule has 0 fully saturated rings. The van der Waals surface area contributed by atoms with Crippen molar-refractivity contribution >= 4 is 43.2 Å². The molecule has 25 heavy (non-hydrogen) atoms. The van der Waals surface area contributed by atoms with Crippen molar-refractivity contribution < 1.29 is 13.2 Å². The molecule has 0 aliphatic carbocycles. The minimum absolute atomic E-state index is 0.0192. The van der Waals surface area contributed by atoms with Gasteiger partial charge in [0.1, 0.15) is 0 Å². The van der Waals surface area contributed by atoms with Gasteiger partial charge in [-0.05, 0) is 29.8 Å². The van der Waals surface area contributed by atoms with Crippen LogP contribution in [0.4, 0.5) is 5.13 Å². The van der Waals surface area contributed by atoms with Crippen molar-refractivity contribution in [3.05, 3.63) is 53.5 Å². The van der Waals surface area contributed by atoms with E-state index in [2.05, 4.69) is 15.0 Å². The van der Waals surface area contributed by atoms with Gasteiger partial charge in [0.15, 0.2) is 5.13 Å². The molecule has 0 aliphatic rings. The maximum absolute atomic E-state index is 12.4. The number of amides is 1. The molecular formula is C17H17N3O3S2. The van der Waals surface area contributed by atoms with Gasteiger partial charge >= 0.3 is 0 Å². The Labute approximate surface area is 150 Å². The summed E-state index contributed by atoms with van der Waals surface area (Å²) in [7, 11) is -3.66. The molecule has 130 valence electrons. The lowest BCUT2D eigenvalue weighted by molar-refractivity contribution is -0.116. The second-order valence-electron chi connectivity index (χ2n) is 5.50. The van der Waals surface area contributed by atoms with E-state index in [1.807, 2.05) is 36.6 Å². The second kappa shape index (κ2) is 7.30. The summed E-state index contributed by atoms with van der Waals surface area (Å²) in [6.45, 7) is 1.86. The van der Waals surface area contributed by atoms with Crippen LogP contribution in [-0.4, -0.2) is 25.9 Å². The van der Waals surface area contributed by atoms with E-state index in [1.54, 1.807) is 18.2 Å². The lowest BCUT2D eigenvalue weighted by Gasteiger charge is -2.08. The number of nitrogens with zero attached hydrogens (tertiary/aromatic N) is 1. The average Bonchev–Trinajstić information content (AvgIpc) is 2.99. The first-order valence-corrected chi connectivity index (χ1v) is 10.0. The lowest BCUT2D eigenvalue weighted by atomic mass is 10.1. The summed E-state index contributed by atoms with van der Waals surface area (Å²) in [5.41, 5.74) is 0.831. The van der Waals surface area contributed by atoms with Crippen LogP contribution in [0.3, 0.4) is 0 Å². The molecule has 0 radical (unpaired) electrons.